The van der Waals surface area contributed by atoms with Crippen molar-refractivity contribution in [2.24, 2.45) is 5.92 Å². The van der Waals surface area contributed by atoms with E-state index in [1.807, 2.05) is 42.0 Å². The smallest absolute Gasteiger partial charge is 0.258 e. The molecule has 1 aromatic heterocycles. The molecular formula is C21H30N4O2. The first kappa shape index (κ1) is 19.5. The maximum atomic E-state index is 12.6. The van der Waals surface area contributed by atoms with Crippen LogP contribution in [0.4, 0.5) is 0 Å². The van der Waals surface area contributed by atoms with Crippen molar-refractivity contribution in [3.05, 3.63) is 40.4 Å². The van der Waals surface area contributed by atoms with Gasteiger partial charge in [-0.1, -0.05) is 38.3 Å². The summed E-state index contributed by atoms with van der Waals surface area (Å²) in [6.07, 6.45) is 6.37. The summed E-state index contributed by atoms with van der Waals surface area (Å²) in [5.41, 5.74) is 0.556. The van der Waals surface area contributed by atoms with Crippen molar-refractivity contribution in [1.29, 1.82) is 0 Å². The molecule has 2 aromatic rings. The van der Waals surface area contributed by atoms with Crippen LogP contribution in [0.25, 0.3) is 10.9 Å². The second kappa shape index (κ2) is 9.13. The van der Waals surface area contributed by atoms with E-state index in [1.165, 1.54) is 32.1 Å². The molecule has 1 aliphatic rings. The maximum absolute atomic E-state index is 12.6. The number of carbonyl (C=O) groups is 1. The lowest BCUT2D eigenvalue weighted by Gasteiger charge is -2.29. The van der Waals surface area contributed by atoms with Crippen molar-refractivity contribution in [2.45, 2.75) is 45.6 Å². The predicted octanol–water partition coefficient (Wildman–Crippen LogP) is 2.78. The van der Waals surface area contributed by atoms with Crippen LogP contribution < -0.4 is 5.56 Å². The number of benzene rings is 1. The molecule has 1 amide bonds. The minimum absolute atomic E-state index is 0.130. The highest BCUT2D eigenvalue weighted by Crippen LogP contribution is 2.24. The molecule has 1 heterocycles. The van der Waals surface area contributed by atoms with Gasteiger partial charge in [0, 0.05) is 13.6 Å². The molecule has 1 aromatic carbocycles. The Balaban J connectivity index is 1.61. The molecule has 6 nitrogen and oxygen atoms in total. The molecule has 1 saturated carbocycles. The quantitative estimate of drug-likeness (QED) is 0.814. The van der Waals surface area contributed by atoms with Crippen molar-refractivity contribution in [2.75, 3.05) is 26.7 Å². The molecule has 0 radical (unpaired) electrons. The van der Waals surface area contributed by atoms with Crippen LogP contribution in [0, 0.1) is 5.92 Å². The molecule has 1 aliphatic carbocycles. The molecular weight excluding hydrogens is 340 g/mol. The zero-order chi connectivity index (χ0) is 19.2. The van der Waals surface area contributed by atoms with Gasteiger partial charge >= 0.3 is 0 Å². The predicted molar refractivity (Wildman–Crippen MR) is 108 cm³/mol. The third kappa shape index (κ3) is 5.16. The van der Waals surface area contributed by atoms with Gasteiger partial charge in [0.05, 0.1) is 24.0 Å². The molecule has 146 valence electrons. The average molecular weight is 370 g/mol. The van der Waals surface area contributed by atoms with Gasteiger partial charge in [0.2, 0.25) is 5.91 Å². The summed E-state index contributed by atoms with van der Waals surface area (Å²) >= 11 is 0. The SMILES string of the molecule is CCN(CC(=O)N(C)CC1CCCCC1)Cc1nc2ccccc2c(=O)[nH]1. The van der Waals surface area contributed by atoms with Gasteiger partial charge < -0.3 is 9.88 Å². The van der Waals surface area contributed by atoms with E-state index in [0.29, 0.717) is 35.7 Å². The second-order valence-electron chi connectivity index (χ2n) is 7.61. The van der Waals surface area contributed by atoms with E-state index in [9.17, 15) is 9.59 Å². The van der Waals surface area contributed by atoms with Gasteiger partial charge in [-0.2, -0.15) is 0 Å². The molecule has 1 N–H and O–H groups in total. The fraction of sp³-hybridized carbons (Fsp3) is 0.571. The van der Waals surface area contributed by atoms with E-state index in [0.717, 1.165) is 13.1 Å². The average Bonchev–Trinajstić information content (AvgIpc) is 2.68. The third-order valence-corrected chi connectivity index (χ3v) is 5.52. The van der Waals surface area contributed by atoms with E-state index in [1.54, 1.807) is 6.07 Å². The van der Waals surface area contributed by atoms with Crippen LogP contribution in [-0.4, -0.2) is 52.4 Å². The first-order valence-electron chi connectivity index (χ1n) is 10.0. The topological polar surface area (TPSA) is 69.3 Å². The number of fused-ring (bicyclic) bond motifs is 1. The van der Waals surface area contributed by atoms with Gasteiger partial charge in [-0.15, -0.1) is 0 Å². The number of nitrogens with one attached hydrogen (secondary N) is 1. The van der Waals surface area contributed by atoms with E-state index in [-0.39, 0.29) is 11.5 Å². The highest BCUT2D eigenvalue weighted by atomic mass is 16.2. The summed E-state index contributed by atoms with van der Waals surface area (Å²) in [5.74, 6) is 1.37. The molecule has 0 saturated heterocycles. The Bertz CT molecular complexity index is 826. The van der Waals surface area contributed by atoms with Crippen LogP contribution in [0.15, 0.2) is 29.1 Å². The highest BCUT2D eigenvalue weighted by Gasteiger charge is 2.20. The van der Waals surface area contributed by atoms with Crippen LogP contribution in [0.3, 0.4) is 0 Å². The lowest BCUT2D eigenvalue weighted by atomic mass is 9.89. The summed E-state index contributed by atoms with van der Waals surface area (Å²) in [6.45, 7) is 4.39. The van der Waals surface area contributed by atoms with Gasteiger partial charge in [0.15, 0.2) is 0 Å². The number of hydrogen-bond donors (Lipinski definition) is 1. The van der Waals surface area contributed by atoms with Crippen LogP contribution in [0.2, 0.25) is 0 Å². The Morgan fingerprint density at radius 3 is 2.70 bits per heavy atom. The number of carbonyl (C=O) groups excluding carboxylic acids is 1. The largest absolute Gasteiger partial charge is 0.344 e. The Labute approximate surface area is 160 Å². The van der Waals surface area contributed by atoms with Crippen LogP contribution >= 0.6 is 0 Å². The summed E-state index contributed by atoms with van der Waals surface area (Å²) in [7, 11) is 1.90. The lowest BCUT2D eigenvalue weighted by molar-refractivity contribution is -0.132. The van der Waals surface area contributed by atoms with Crippen LogP contribution in [0.5, 0.6) is 0 Å². The normalized spacial score (nSPS) is 15.4. The molecule has 0 bridgehead atoms. The fourth-order valence-electron chi connectivity index (χ4n) is 3.87. The van der Waals surface area contributed by atoms with Crippen molar-refractivity contribution >= 4 is 16.8 Å². The molecule has 0 unspecified atom stereocenters. The van der Waals surface area contributed by atoms with E-state index >= 15 is 0 Å². The van der Waals surface area contributed by atoms with Crippen molar-refractivity contribution in [3.63, 3.8) is 0 Å². The monoisotopic (exact) mass is 370 g/mol. The Hall–Kier alpha value is -2.21. The minimum Gasteiger partial charge on any atom is -0.344 e. The molecule has 1 fully saturated rings. The first-order valence-corrected chi connectivity index (χ1v) is 10.0. The Morgan fingerprint density at radius 2 is 1.96 bits per heavy atom. The second-order valence-corrected chi connectivity index (χ2v) is 7.61. The number of aromatic nitrogens is 2. The summed E-state index contributed by atoms with van der Waals surface area (Å²) < 4.78 is 0. The van der Waals surface area contributed by atoms with E-state index < -0.39 is 0 Å². The van der Waals surface area contributed by atoms with Crippen LogP contribution in [-0.2, 0) is 11.3 Å². The lowest BCUT2D eigenvalue weighted by Crippen LogP contribution is -2.40. The van der Waals surface area contributed by atoms with Crippen LogP contribution in [0.1, 0.15) is 44.9 Å². The maximum Gasteiger partial charge on any atom is 0.258 e. The van der Waals surface area contributed by atoms with Crippen molar-refractivity contribution < 1.29 is 4.79 Å². The summed E-state index contributed by atoms with van der Waals surface area (Å²) in [4.78, 5) is 36.2. The zero-order valence-electron chi connectivity index (χ0n) is 16.4. The standard InChI is InChI=1S/C21H30N4O2/c1-3-25(15-20(26)24(2)13-16-9-5-4-6-10-16)14-19-22-18-12-8-7-11-17(18)21(27)23-19/h7-8,11-12,16H,3-6,9-10,13-15H2,1-2H3,(H,22,23,27). The molecule has 3 rings (SSSR count). The van der Waals surface area contributed by atoms with E-state index in [4.69, 9.17) is 0 Å². The number of H-pyrrole nitrogens is 1. The van der Waals surface area contributed by atoms with E-state index in [2.05, 4.69) is 9.97 Å². The number of aromatic amines is 1. The van der Waals surface area contributed by atoms with Gasteiger partial charge in [-0.3, -0.25) is 14.5 Å². The highest BCUT2D eigenvalue weighted by molar-refractivity contribution is 5.78. The third-order valence-electron chi connectivity index (χ3n) is 5.52. The number of amides is 1. The van der Waals surface area contributed by atoms with Gasteiger partial charge in [0.1, 0.15) is 5.82 Å². The van der Waals surface area contributed by atoms with Gasteiger partial charge in [0.25, 0.3) is 5.56 Å². The molecule has 0 aliphatic heterocycles. The number of likely N-dealkylation sites (N-methyl/N-ethyl adjacent to an activating group) is 2. The van der Waals surface area contributed by atoms with Crippen molar-refractivity contribution in [1.82, 2.24) is 19.8 Å². The number of para-hydroxylation sites is 1. The van der Waals surface area contributed by atoms with Gasteiger partial charge in [-0.05, 0) is 37.4 Å². The number of nitrogens with zero attached hydrogens (tertiary/aromatic N) is 3. The Morgan fingerprint density at radius 1 is 1.22 bits per heavy atom. The molecule has 6 heteroatoms. The number of rotatable bonds is 7. The zero-order valence-corrected chi connectivity index (χ0v) is 16.4. The first-order chi connectivity index (χ1) is 13.1. The summed E-state index contributed by atoms with van der Waals surface area (Å²) in [6, 6.07) is 7.32. The molecule has 27 heavy (non-hydrogen) atoms. The number of hydrogen-bond acceptors (Lipinski definition) is 4. The minimum atomic E-state index is -0.132. The van der Waals surface area contributed by atoms with Crippen molar-refractivity contribution in [3.8, 4) is 0 Å². The molecule has 0 atom stereocenters. The fourth-order valence-corrected chi connectivity index (χ4v) is 3.87. The summed E-state index contributed by atoms with van der Waals surface area (Å²) in [5, 5.41) is 0.590. The Kier molecular flexibility index (Phi) is 6.61. The molecule has 0 spiro atoms. The van der Waals surface area contributed by atoms with Gasteiger partial charge in [-0.25, -0.2) is 4.98 Å².